The van der Waals surface area contributed by atoms with Crippen molar-refractivity contribution >= 4 is 52.1 Å². The number of carbonyl (C=O) groups excluding carboxylic acids is 1. The van der Waals surface area contributed by atoms with E-state index in [-0.39, 0.29) is 12.1 Å². The first-order valence-corrected chi connectivity index (χ1v) is 6.75. The minimum atomic E-state index is -0.262. The lowest BCUT2D eigenvalue weighted by atomic mass is 10.2. The Labute approximate surface area is 127 Å². The highest BCUT2D eigenvalue weighted by Crippen LogP contribution is 2.25. The van der Waals surface area contributed by atoms with Crippen LogP contribution in [0.5, 0.6) is 0 Å². The Hall–Kier alpha value is -1.04. The number of amides is 2. The quantitative estimate of drug-likeness (QED) is 0.835. The molecule has 104 valence electrons. The summed E-state index contributed by atoms with van der Waals surface area (Å²) in [7, 11) is 1.68. The molecule has 1 aromatic rings. The van der Waals surface area contributed by atoms with E-state index in [0.29, 0.717) is 27.1 Å². The van der Waals surface area contributed by atoms with Gasteiger partial charge in [-0.3, -0.25) is 0 Å². The fourth-order valence-electron chi connectivity index (χ4n) is 1.41. The molecule has 0 spiro atoms. The number of anilines is 1. The lowest BCUT2D eigenvalue weighted by molar-refractivity contribution is 0.209. The molecule has 19 heavy (non-hydrogen) atoms. The Bertz CT molecular complexity index is 496. The predicted octanol–water partition coefficient (Wildman–Crippen LogP) is 3.52. The highest BCUT2D eigenvalue weighted by molar-refractivity contribution is 7.80. The van der Waals surface area contributed by atoms with Crippen molar-refractivity contribution in [2.75, 3.05) is 12.4 Å². The summed E-state index contributed by atoms with van der Waals surface area (Å²) >= 11 is 16.5. The average Bonchev–Trinajstić information content (AvgIpc) is 2.32. The van der Waals surface area contributed by atoms with Crippen LogP contribution in [0.25, 0.3) is 0 Å². The topological polar surface area (TPSA) is 58.4 Å². The van der Waals surface area contributed by atoms with Crippen molar-refractivity contribution in [1.29, 1.82) is 0 Å². The first-order chi connectivity index (χ1) is 8.81. The Morgan fingerprint density at radius 3 is 2.63 bits per heavy atom. The molecule has 3 N–H and O–H groups in total. The number of nitrogens with two attached hydrogens (primary N) is 1. The van der Waals surface area contributed by atoms with Gasteiger partial charge in [0.2, 0.25) is 0 Å². The maximum absolute atomic E-state index is 12.0. The van der Waals surface area contributed by atoms with Gasteiger partial charge >= 0.3 is 6.03 Å². The molecule has 0 aliphatic carbocycles. The van der Waals surface area contributed by atoms with Gasteiger partial charge in [0.05, 0.1) is 15.0 Å². The van der Waals surface area contributed by atoms with E-state index in [1.165, 1.54) is 4.90 Å². The largest absolute Gasteiger partial charge is 0.393 e. The molecule has 0 saturated heterocycles. The van der Waals surface area contributed by atoms with Crippen LogP contribution in [0.1, 0.15) is 13.3 Å². The maximum atomic E-state index is 12.0. The van der Waals surface area contributed by atoms with E-state index in [1.54, 1.807) is 25.2 Å². The number of nitrogens with zero attached hydrogens (tertiary/aromatic N) is 1. The van der Waals surface area contributed by atoms with E-state index in [2.05, 4.69) is 5.32 Å². The van der Waals surface area contributed by atoms with E-state index >= 15 is 0 Å². The van der Waals surface area contributed by atoms with E-state index in [0.717, 1.165) is 0 Å². The molecule has 2 amide bonds. The average molecular weight is 320 g/mol. The summed E-state index contributed by atoms with van der Waals surface area (Å²) in [5.41, 5.74) is 6.04. The van der Waals surface area contributed by atoms with Gasteiger partial charge in [-0.05, 0) is 25.1 Å². The molecule has 0 aliphatic rings. The zero-order chi connectivity index (χ0) is 14.6. The predicted molar refractivity (Wildman–Crippen MR) is 84.1 cm³/mol. The zero-order valence-electron chi connectivity index (χ0n) is 10.6. The molecular weight excluding hydrogens is 305 g/mol. The summed E-state index contributed by atoms with van der Waals surface area (Å²) in [6.45, 7) is 1.87. The molecule has 1 rings (SSSR count). The van der Waals surface area contributed by atoms with Crippen molar-refractivity contribution in [3.63, 3.8) is 0 Å². The SMILES string of the molecule is CC(CC(N)=S)N(C)C(=O)Nc1ccc(Cl)c(Cl)c1. The summed E-state index contributed by atoms with van der Waals surface area (Å²) in [4.78, 5) is 13.9. The van der Waals surface area contributed by atoms with Gasteiger partial charge in [-0.2, -0.15) is 0 Å². The van der Waals surface area contributed by atoms with Gasteiger partial charge in [-0.15, -0.1) is 0 Å². The Balaban J connectivity index is 2.68. The number of urea groups is 1. The van der Waals surface area contributed by atoms with Gasteiger partial charge in [-0.1, -0.05) is 35.4 Å². The Kier molecular flexibility index (Phi) is 5.85. The van der Waals surface area contributed by atoms with Crippen molar-refractivity contribution in [1.82, 2.24) is 4.90 Å². The fraction of sp³-hybridized carbons (Fsp3) is 0.333. The minimum Gasteiger partial charge on any atom is -0.393 e. The number of hydrogen-bond acceptors (Lipinski definition) is 2. The smallest absolute Gasteiger partial charge is 0.321 e. The molecule has 0 aromatic heterocycles. The molecule has 1 aromatic carbocycles. The molecular formula is C12H15Cl2N3OS. The second-order valence-electron chi connectivity index (χ2n) is 4.19. The van der Waals surface area contributed by atoms with Crippen LogP contribution < -0.4 is 11.1 Å². The second-order valence-corrected chi connectivity index (χ2v) is 5.53. The third-order valence-corrected chi connectivity index (χ3v) is 3.55. The number of rotatable bonds is 4. The molecule has 4 nitrogen and oxygen atoms in total. The van der Waals surface area contributed by atoms with Crippen LogP contribution in [0.2, 0.25) is 10.0 Å². The third kappa shape index (κ3) is 4.86. The number of hydrogen-bond donors (Lipinski definition) is 2. The van der Waals surface area contributed by atoms with E-state index in [1.807, 2.05) is 6.92 Å². The molecule has 0 radical (unpaired) electrons. The molecule has 0 fully saturated rings. The summed E-state index contributed by atoms with van der Waals surface area (Å²) in [5, 5.41) is 3.55. The molecule has 0 aliphatic heterocycles. The second kappa shape index (κ2) is 6.93. The van der Waals surface area contributed by atoms with Crippen LogP contribution >= 0.6 is 35.4 Å². The number of benzene rings is 1. The highest BCUT2D eigenvalue weighted by atomic mass is 35.5. The van der Waals surface area contributed by atoms with Crippen LogP contribution in [-0.2, 0) is 0 Å². The monoisotopic (exact) mass is 319 g/mol. The molecule has 1 atom stereocenters. The first-order valence-electron chi connectivity index (χ1n) is 5.58. The van der Waals surface area contributed by atoms with Crippen molar-refractivity contribution in [3.8, 4) is 0 Å². The van der Waals surface area contributed by atoms with Gasteiger partial charge in [0, 0.05) is 25.2 Å². The number of nitrogens with one attached hydrogen (secondary N) is 1. The molecule has 0 saturated carbocycles. The summed E-state index contributed by atoms with van der Waals surface area (Å²) < 4.78 is 0. The lowest BCUT2D eigenvalue weighted by Gasteiger charge is -2.24. The van der Waals surface area contributed by atoms with E-state index < -0.39 is 0 Å². The fourth-order valence-corrected chi connectivity index (χ4v) is 1.95. The van der Waals surface area contributed by atoms with Crippen LogP contribution in [0.3, 0.4) is 0 Å². The van der Waals surface area contributed by atoms with Crippen LogP contribution in [0.15, 0.2) is 18.2 Å². The standard InChI is InChI=1S/C12H15Cl2N3OS/c1-7(5-11(15)19)17(2)12(18)16-8-3-4-9(13)10(14)6-8/h3-4,6-7H,5H2,1-2H3,(H2,15,19)(H,16,18). The van der Waals surface area contributed by atoms with E-state index in [9.17, 15) is 4.79 Å². The van der Waals surface area contributed by atoms with Crippen molar-refractivity contribution in [2.45, 2.75) is 19.4 Å². The van der Waals surface area contributed by atoms with Gasteiger partial charge in [0.25, 0.3) is 0 Å². The van der Waals surface area contributed by atoms with Crippen LogP contribution in [-0.4, -0.2) is 29.0 Å². The Morgan fingerprint density at radius 2 is 2.11 bits per heavy atom. The van der Waals surface area contributed by atoms with Crippen LogP contribution in [0, 0.1) is 0 Å². The van der Waals surface area contributed by atoms with Crippen molar-refractivity contribution in [3.05, 3.63) is 28.2 Å². The summed E-state index contributed by atoms with van der Waals surface area (Å²) in [6, 6.07) is 4.55. The van der Waals surface area contributed by atoms with Gasteiger partial charge in [0.1, 0.15) is 0 Å². The zero-order valence-corrected chi connectivity index (χ0v) is 12.9. The molecule has 7 heteroatoms. The normalized spacial score (nSPS) is 11.8. The lowest BCUT2D eigenvalue weighted by Crippen LogP contribution is -2.40. The number of halogens is 2. The minimum absolute atomic E-state index is 0.0831. The molecule has 0 heterocycles. The number of carbonyl (C=O) groups is 1. The number of thiocarbonyl (C=S) groups is 1. The van der Waals surface area contributed by atoms with Crippen molar-refractivity contribution < 1.29 is 4.79 Å². The third-order valence-electron chi connectivity index (χ3n) is 2.65. The van der Waals surface area contributed by atoms with Gasteiger partial charge < -0.3 is 16.0 Å². The molecule has 0 bridgehead atoms. The summed E-state index contributed by atoms with van der Waals surface area (Å²) in [5.74, 6) is 0. The van der Waals surface area contributed by atoms with Crippen molar-refractivity contribution in [2.24, 2.45) is 5.73 Å². The maximum Gasteiger partial charge on any atom is 0.321 e. The first kappa shape index (κ1) is 16.0. The van der Waals surface area contributed by atoms with Crippen LogP contribution in [0.4, 0.5) is 10.5 Å². The van der Waals surface area contributed by atoms with Gasteiger partial charge in [-0.25, -0.2) is 4.79 Å². The van der Waals surface area contributed by atoms with E-state index in [4.69, 9.17) is 41.2 Å². The Morgan fingerprint density at radius 1 is 1.47 bits per heavy atom. The molecule has 1 unspecified atom stereocenters. The highest BCUT2D eigenvalue weighted by Gasteiger charge is 2.16. The summed E-state index contributed by atoms with van der Waals surface area (Å²) in [6.07, 6.45) is 0.473. The van der Waals surface area contributed by atoms with Gasteiger partial charge in [0.15, 0.2) is 0 Å².